The van der Waals surface area contributed by atoms with Gasteiger partial charge in [0.15, 0.2) is 0 Å². The number of nitrogens with one attached hydrogen (secondary N) is 1. The Morgan fingerprint density at radius 3 is 2.95 bits per heavy atom. The average Bonchev–Trinajstić information content (AvgIpc) is 2.95. The molecular formula is C16H20BrNO2. The van der Waals surface area contributed by atoms with Gasteiger partial charge in [0.05, 0.1) is 6.26 Å². The van der Waals surface area contributed by atoms with E-state index in [1.54, 1.807) is 6.26 Å². The lowest BCUT2D eigenvalue weighted by molar-refractivity contribution is 0.304. The molecule has 0 bridgehead atoms. The van der Waals surface area contributed by atoms with Crippen LogP contribution in [0.4, 0.5) is 0 Å². The molecule has 1 aromatic heterocycles. The standard InChI is InChI=1S/C16H20BrNO2/c1-13(7-8-15-6-3-10-19-15)18-9-11-20-16-5-2-4-14(17)12-16/h2-6,10,12-13,18H,7-9,11H2,1H3. The first-order chi connectivity index (χ1) is 9.74. The van der Waals surface area contributed by atoms with Gasteiger partial charge in [0.1, 0.15) is 18.1 Å². The first kappa shape index (κ1) is 15.1. The lowest BCUT2D eigenvalue weighted by Gasteiger charge is -2.13. The third-order valence-corrected chi connectivity index (χ3v) is 3.56. The molecule has 1 atom stereocenters. The summed E-state index contributed by atoms with van der Waals surface area (Å²) in [7, 11) is 0. The van der Waals surface area contributed by atoms with E-state index < -0.39 is 0 Å². The molecule has 108 valence electrons. The van der Waals surface area contributed by atoms with E-state index in [9.17, 15) is 0 Å². The van der Waals surface area contributed by atoms with Gasteiger partial charge in [-0.15, -0.1) is 0 Å². The summed E-state index contributed by atoms with van der Waals surface area (Å²) in [4.78, 5) is 0. The van der Waals surface area contributed by atoms with Crippen molar-refractivity contribution in [3.63, 3.8) is 0 Å². The molecule has 0 saturated heterocycles. The minimum Gasteiger partial charge on any atom is -0.492 e. The lowest BCUT2D eigenvalue weighted by atomic mass is 10.1. The van der Waals surface area contributed by atoms with E-state index in [-0.39, 0.29) is 0 Å². The summed E-state index contributed by atoms with van der Waals surface area (Å²) in [6.07, 6.45) is 3.75. The Bertz CT molecular complexity index is 499. The maximum atomic E-state index is 5.68. The van der Waals surface area contributed by atoms with Crippen LogP contribution in [0.25, 0.3) is 0 Å². The van der Waals surface area contributed by atoms with Crippen molar-refractivity contribution in [3.8, 4) is 5.75 Å². The Hall–Kier alpha value is -1.26. The summed E-state index contributed by atoms with van der Waals surface area (Å²) in [5.74, 6) is 1.94. The molecule has 3 nitrogen and oxygen atoms in total. The van der Waals surface area contributed by atoms with Crippen LogP contribution in [-0.2, 0) is 6.42 Å². The monoisotopic (exact) mass is 337 g/mol. The highest BCUT2D eigenvalue weighted by Gasteiger charge is 2.03. The number of halogens is 1. The second kappa shape index (κ2) is 8.12. The smallest absolute Gasteiger partial charge is 0.120 e. The first-order valence-electron chi connectivity index (χ1n) is 6.88. The van der Waals surface area contributed by atoms with Crippen molar-refractivity contribution in [2.24, 2.45) is 0 Å². The van der Waals surface area contributed by atoms with Gasteiger partial charge in [0, 0.05) is 23.5 Å². The summed E-state index contributed by atoms with van der Waals surface area (Å²) >= 11 is 3.43. The van der Waals surface area contributed by atoms with Crippen molar-refractivity contribution < 1.29 is 9.15 Å². The Balaban J connectivity index is 1.58. The molecule has 0 aliphatic rings. The van der Waals surface area contributed by atoms with Gasteiger partial charge in [-0.1, -0.05) is 22.0 Å². The first-order valence-corrected chi connectivity index (χ1v) is 7.67. The third kappa shape index (κ3) is 5.39. The molecule has 0 saturated carbocycles. The van der Waals surface area contributed by atoms with Crippen molar-refractivity contribution in [2.45, 2.75) is 25.8 Å². The highest BCUT2D eigenvalue weighted by molar-refractivity contribution is 9.10. The van der Waals surface area contributed by atoms with Crippen LogP contribution >= 0.6 is 15.9 Å². The van der Waals surface area contributed by atoms with Crippen molar-refractivity contribution in [2.75, 3.05) is 13.2 Å². The summed E-state index contributed by atoms with van der Waals surface area (Å²) in [6, 6.07) is 12.3. The fourth-order valence-electron chi connectivity index (χ4n) is 1.95. The molecule has 0 fully saturated rings. The fraction of sp³-hybridized carbons (Fsp3) is 0.375. The molecule has 1 N–H and O–H groups in total. The minimum absolute atomic E-state index is 0.450. The molecule has 0 aliphatic heterocycles. The predicted octanol–water partition coefficient (Wildman–Crippen LogP) is 4.03. The van der Waals surface area contributed by atoms with Crippen molar-refractivity contribution in [3.05, 3.63) is 52.9 Å². The molecule has 20 heavy (non-hydrogen) atoms. The maximum Gasteiger partial charge on any atom is 0.120 e. The Labute approximate surface area is 128 Å². The van der Waals surface area contributed by atoms with Crippen molar-refractivity contribution in [1.82, 2.24) is 5.32 Å². The van der Waals surface area contributed by atoms with E-state index in [4.69, 9.17) is 9.15 Å². The molecule has 2 aromatic rings. The fourth-order valence-corrected chi connectivity index (χ4v) is 2.32. The highest BCUT2D eigenvalue weighted by Crippen LogP contribution is 2.17. The van der Waals surface area contributed by atoms with Gasteiger partial charge in [0.25, 0.3) is 0 Å². The topological polar surface area (TPSA) is 34.4 Å². The van der Waals surface area contributed by atoms with E-state index in [1.165, 1.54) is 0 Å². The second-order valence-corrected chi connectivity index (χ2v) is 5.69. The van der Waals surface area contributed by atoms with Gasteiger partial charge >= 0.3 is 0 Å². The molecule has 0 aliphatic carbocycles. The molecule has 4 heteroatoms. The number of ether oxygens (including phenoxy) is 1. The quantitative estimate of drug-likeness (QED) is 0.738. The highest BCUT2D eigenvalue weighted by atomic mass is 79.9. The molecule has 1 aromatic carbocycles. The van der Waals surface area contributed by atoms with Gasteiger partial charge in [-0.3, -0.25) is 0 Å². The molecule has 1 heterocycles. The SMILES string of the molecule is CC(CCc1ccco1)NCCOc1cccc(Br)c1. The summed E-state index contributed by atoms with van der Waals surface area (Å²) in [5.41, 5.74) is 0. The molecule has 0 spiro atoms. The lowest BCUT2D eigenvalue weighted by Crippen LogP contribution is -2.30. The van der Waals surface area contributed by atoms with Gasteiger partial charge in [0.2, 0.25) is 0 Å². The Morgan fingerprint density at radius 1 is 1.30 bits per heavy atom. The van der Waals surface area contributed by atoms with Crippen LogP contribution in [0.5, 0.6) is 5.75 Å². The number of hydrogen-bond donors (Lipinski definition) is 1. The molecular weight excluding hydrogens is 318 g/mol. The zero-order valence-electron chi connectivity index (χ0n) is 11.6. The minimum atomic E-state index is 0.450. The molecule has 1 unspecified atom stereocenters. The largest absolute Gasteiger partial charge is 0.492 e. The zero-order valence-corrected chi connectivity index (χ0v) is 13.2. The van der Waals surface area contributed by atoms with E-state index in [1.807, 2.05) is 36.4 Å². The molecule has 0 radical (unpaired) electrons. The van der Waals surface area contributed by atoms with Crippen LogP contribution in [0.3, 0.4) is 0 Å². The zero-order chi connectivity index (χ0) is 14.2. The van der Waals surface area contributed by atoms with Crippen LogP contribution in [0, 0.1) is 0 Å². The number of aryl methyl sites for hydroxylation is 1. The van der Waals surface area contributed by atoms with Crippen LogP contribution in [0.2, 0.25) is 0 Å². The van der Waals surface area contributed by atoms with E-state index in [2.05, 4.69) is 28.2 Å². The van der Waals surface area contributed by atoms with E-state index >= 15 is 0 Å². The average molecular weight is 338 g/mol. The molecule has 2 rings (SSSR count). The summed E-state index contributed by atoms with van der Waals surface area (Å²) in [6.45, 7) is 3.69. The number of hydrogen-bond acceptors (Lipinski definition) is 3. The van der Waals surface area contributed by atoms with Gasteiger partial charge < -0.3 is 14.5 Å². The van der Waals surface area contributed by atoms with Crippen molar-refractivity contribution >= 4 is 15.9 Å². The third-order valence-electron chi connectivity index (χ3n) is 3.06. The Morgan fingerprint density at radius 2 is 2.20 bits per heavy atom. The number of furan rings is 1. The molecule has 0 amide bonds. The maximum absolute atomic E-state index is 5.68. The number of benzene rings is 1. The summed E-state index contributed by atoms with van der Waals surface area (Å²) in [5, 5.41) is 3.45. The summed E-state index contributed by atoms with van der Waals surface area (Å²) < 4.78 is 12.0. The predicted molar refractivity (Wildman–Crippen MR) is 84.1 cm³/mol. The van der Waals surface area contributed by atoms with Gasteiger partial charge in [-0.2, -0.15) is 0 Å². The van der Waals surface area contributed by atoms with E-state index in [0.29, 0.717) is 12.6 Å². The van der Waals surface area contributed by atoms with Crippen LogP contribution in [-0.4, -0.2) is 19.2 Å². The normalized spacial score (nSPS) is 12.3. The second-order valence-electron chi connectivity index (χ2n) is 4.78. The van der Waals surface area contributed by atoms with Crippen molar-refractivity contribution in [1.29, 1.82) is 0 Å². The van der Waals surface area contributed by atoms with E-state index in [0.717, 1.165) is 35.4 Å². The van der Waals surface area contributed by atoms with Crippen LogP contribution in [0.1, 0.15) is 19.1 Å². The van der Waals surface area contributed by atoms with Crippen LogP contribution in [0.15, 0.2) is 51.6 Å². The Kier molecular flexibility index (Phi) is 6.15. The van der Waals surface area contributed by atoms with Gasteiger partial charge in [-0.25, -0.2) is 0 Å². The number of rotatable bonds is 8. The van der Waals surface area contributed by atoms with Crippen LogP contribution < -0.4 is 10.1 Å². The van der Waals surface area contributed by atoms with Gasteiger partial charge in [-0.05, 0) is 43.7 Å².